The first-order valence-electron chi connectivity index (χ1n) is 8.88. The molecule has 2 aromatic rings. The highest BCUT2D eigenvalue weighted by Crippen LogP contribution is 2.24. The minimum atomic E-state index is -0.0846. The third-order valence-corrected chi connectivity index (χ3v) is 5.00. The fourth-order valence-electron chi connectivity index (χ4n) is 3.02. The molecule has 0 N–H and O–H groups in total. The van der Waals surface area contributed by atoms with Crippen LogP contribution in [0.15, 0.2) is 28.8 Å². The summed E-state index contributed by atoms with van der Waals surface area (Å²) in [5, 5.41) is 4.94. The standard InChI is InChI=1S/C19H27ClN4O/c1-14(17-21-18(22-25-17)19(2,3)4)24-11-9-23(10-12-24)13-15-5-7-16(20)8-6-15/h5-8,14H,9-13H2,1-4H3/t14-/m0/s1. The normalized spacial score (nSPS) is 18.4. The van der Waals surface area contributed by atoms with Crippen molar-refractivity contribution in [2.45, 2.75) is 45.7 Å². The topological polar surface area (TPSA) is 45.4 Å². The van der Waals surface area contributed by atoms with Gasteiger partial charge < -0.3 is 4.52 Å². The first kappa shape index (κ1) is 18.4. The van der Waals surface area contributed by atoms with E-state index in [1.165, 1.54) is 5.56 Å². The largest absolute Gasteiger partial charge is 0.338 e. The fraction of sp³-hybridized carbons (Fsp3) is 0.579. The van der Waals surface area contributed by atoms with Crippen molar-refractivity contribution in [1.29, 1.82) is 0 Å². The summed E-state index contributed by atoms with van der Waals surface area (Å²) >= 11 is 5.96. The third-order valence-electron chi connectivity index (χ3n) is 4.74. The van der Waals surface area contributed by atoms with Crippen LogP contribution in [0, 0.1) is 0 Å². The van der Waals surface area contributed by atoms with Gasteiger partial charge in [0.1, 0.15) is 0 Å². The maximum Gasteiger partial charge on any atom is 0.243 e. The predicted octanol–water partition coefficient (Wildman–Crippen LogP) is 3.90. The Morgan fingerprint density at radius 2 is 1.76 bits per heavy atom. The van der Waals surface area contributed by atoms with Crippen molar-refractivity contribution in [2.75, 3.05) is 26.2 Å². The average Bonchev–Trinajstić information content (AvgIpc) is 3.07. The second-order valence-corrected chi connectivity index (χ2v) is 8.26. The number of piperazine rings is 1. The van der Waals surface area contributed by atoms with E-state index in [9.17, 15) is 0 Å². The molecule has 2 heterocycles. The Labute approximate surface area is 155 Å². The van der Waals surface area contributed by atoms with E-state index in [1.54, 1.807) is 0 Å². The average molecular weight is 363 g/mol. The molecule has 1 aliphatic heterocycles. The van der Waals surface area contributed by atoms with Gasteiger partial charge in [-0.2, -0.15) is 4.98 Å². The van der Waals surface area contributed by atoms with Crippen molar-refractivity contribution in [2.24, 2.45) is 0 Å². The van der Waals surface area contributed by atoms with Crippen LogP contribution in [0.3, 0.4) is 0 Å². The molecule has 0 saturated carbocycles. The second-order valence-electron chi connectivity index (χ2n) is 7.82. The van der Waals surface area contributed by atoms with Gasteiger partial charge in [0.2, 0.25) is 5.89 Å². The molecule has 6 heteroatoms. The first-order chi connectivity index (χ1) is 11.8. The lowest BCUT2D eigenvalue weighted by atomic mass is 9.96. The van der Waals surface area contributed by atoms with Gasteiger partial charge in [-0.3, -0.25) is 9.80 Å². The summed E-state index contributed by atoms with van der Waals surface area (Å²) in [6.07, 6.45) is 0. The number of halogens is 1. The summed E-state index contributed by atoms with van der Waals surface area (Å²) < 4.78 is 5.51. The highest BCUT2D eigenvalue weighted by atomic mass is 35.5. The van der Waals surface area contributed by atoms with Gasteiger partial charge in [0.15, 0.2) is 5.82 Å². The fourth-order valence-corrected chi connectivity index (χ4v) is 3.15. The van der Waals surface area contributed by atoms with Crippen LogP contribution in [0.5, 0.6) is 0 Å². The van der Waals surface area contributed by atoms with E-state index in [4.69, 9.17) is 16.1 Å². The Morgan fingerprint density at radius 3 is 2.32 bits per heavy atom. The molecule has 1 aliphatic rings. The summed E-state index contributed by atoms with van der Waals surface area (Å²) in [6, 6.07) is 8.27. The zero-order chi connectivity index (χ0) is 18.0. The minimum absolute atomic E-state index is 0.0846. The van der Waals surface area contributed by atoms with E-state index in [-0.39, 0.29) is 11.5 Å². The molecule has 0 radical (unpaired) electrons. The highest BCUT2D eigenvalue weighted by molar-refractivity contribution is 6.30. The van der Waals surface area contributed by atoms with Gasteiger partial charge in [0, 0.05) is 43.2 Å². The summed E-state index contributed by atoms with van der Waals surface area (Å²) in [7, 11) is 0. The molecule has 1 aromatic heterocycles. The van der Waals surface area contributed by atoms with Crippen molar-refractivity contribution in [1.82, 2.24) is 19.9 Å². The van der Waals surface area contributed by atoms with Crippen LogP contribution in [0.2, 0.25) is 5.02 Å². The number of aromatic nitrogens is 2. The predicted molar refractivity (Wildman–Crippen MR) is 99.7 cm³/mol. The molecule has 5 nitrogen and oxygen atoms in total. The van der Waals surface area contributed by atoms with Crippen molar-refractivity contribution < 1.29 is 4.52 Å². The van der Waals surface area contributed by atoms with Crippen LogP contribution < -0.4 is 0 Å². The lowest BCUT2D eigenvalue weighted by Gasteiger charge is -2.36. The number of benzene rings is 1. The lowest BCUT2D eigenvalue weighted by Crippen LogP contribution is -2.46. The molecule has 1 saturated heterocycles. The molecular weight excluding hydrogens is 336 g/mol. The van der Waals surface area contributed by atoms with E-state index < -0.39 is 0 Å². The van der Waals surface area contributed by atoms with Gasteiger partial charge >= 0.3 is 0 Å². The van der Waals surface area contributed by atoms with Crippen LogP contribution in [0.1, 0.15) is 51.0 Å². The van der Waals surface area contributed by atoms with Crippen molar-refractivity contribution in [3.05, 3.63) is 46.6 Å². The molecule has 1 aromatic carbocycles. The Bertz CT molecular complexity index is 684. The monoisotopic (exact) mass is 362 g/mol. The molecule has 136 valence electrons. The van der Waals surface area contributed by atoms with Crippen molar-refractivity contribution in [3.63, 3.8) is 0 Å². The molecule has 3 rings (SSSR count). The van der Waals surface area contributed by atoms with Crippen molar-refractivity contribution >= 4 is 11.6 Å². The zero-order valence-electron chi connectivity index (χ0n) is 15.5. The Balaban J connectivity index is 1.54. The number of hydrogen-bond acceptors (Lipinski definition) is 5. The quantitative estimate of drug-likeness (QED) is 0.825. The Kier molecular flexibility index (Phi) is 5.46. The smallest absolute Gasteiger partial charge is 0.243 e. The van der Waals surface area contributed by atoms with Gasteiger partial charge in [-0.25, -0.2) is 0 Å². The maximum atomic E-state index is 5.96. The van der Waals surface area contributed by atoms with Crippen LogP contribution in [0.25, 0.3) is 0 Å². The summed E-state index contributed by atoms with van der Waals surface area (Å²) in [6.45, 7) is 13.5. The van der Waals surface area contributed by atoms with Crippen LogP contribution in [-0.2, 0) is 12.0 Å². The van der Waals surface area contributed by atoms with Crippen LogP contribution in [-0.4, -0.2) is 46.1 Å². The molecule has 0 bridgehead atoms. The minimum Gasteiger partial charge on any atom is -0.338 e. The van der Waals surface area contributed by atoms with Crippen molar-refractivity contribution in [3.8, 4) is 0 Å². The van der Waals surface area contributed by atoms with Gasteiger partial charge in [0.25, 0.3) is 0 Å². The lowest BCUT2D eigenvalue weighted by molar-refractivity contribution is 0.0845. The van der Waals surface area contributed by atoms with Gasteiger partial charge in [-0.15, -0.1) is 0 Å². The zero-order valence-corrected chi connectivity index (χ0v) is 16.3. The van der Waals surface area contributed by atoms with E-state index in [0.29, 0.717) is 0 Å². The molecule has 0 aliphatic carbocycles. The van der Waals surface area contributed by atoms with E-state index in [1.807, 2.05) is 12.1 Å². The molecule has 25 heavy (non-hydrogen) atoms. The second kappa shape index (κ2) is 7.44. The molecule has 0 amide bonds. The number of nitrogens with zero attached hydrogens (tertiary/aromatic N) is 4. The molecule has 0 spiro atoms. The third kappa shape index (κ3) is 4.60. The summed E-state index contributed by atoms with van der Waals surface area (Å²) in [5.41, 5.74) is 1.22. The van der Waals surface area contributed by atoms with Crippen LogP contribution in [0.4, 0.5) is 0 Å². The number of hydrogen-bond donors (Lipinski definition) is 0. The van der Waals surface area contributed by atoms with E-state index in [2.05, 4.69) is 59.8 Å². The van der Waals surface area contributed by atoms with Gasteiger partial charge in [-0.1, -0.05) is 49.7 Å². The first-order valence-corrected chi connectivity index (χ1v) is 9.25. The highest BCUT2D eigenvalue weighted by Gasteiger charge is 2.28. The summed E-state index contributed by atoms with van der Waals surface area (Å²) in [4.78, 5) is 9.49. The Hall–Kier alpha value is -1.43. The molecule has 1 fully saturated rings. The SMILES string of the molecule is C[C@@H](c1nc(C(C)(C)C)no1)N1CCN(Cc2ccc(Cl)cc2)CC1. The Morgan fingerprint density at radius 1 is 1.12 bits per heavy atom. The molecule has 1 atom stereocenters. The van der Waals surface area contributed by atoms with Gasteiger partial charge in [-0.05, 0) is 24.6 Å². The maximum absolute atomic E-state index is 5.96. The summed E-state index contributed by atoms with van der Waals surface area (Å²) in [5.74, 6) is 1.49. The van der Waals surface area contributed by atoms with E-state index in [0.717, 1.165) is 49.5 Å². The number of rotatable bonds is 4. The van der Waals surface area contributed by atoms with Crippen LogP contribution >= 0.6 is 11.6 Å². The molecule has 0 unspecified atom stereocenters. The molecular formula is C19H27ClN4O. The van der Waals surface area contributed by atoms with Gasteiger partial charge in [0.05, 0.1) is 6.04 Å². The van der Waals surface area contributed by atoms with E-state index >= 15 is 0 Å².